The van der Waals surface area contributed by atoms with Gasteiger partial charge in [-0.1, -0.05) is 24.4 Å². The molecule has 0 unspecified atom stereocenters. The quantitative estimate of drug-likeness (QED) is 0.846. The molecule has 1 aromatic carbocycles. The lowest BCUT2D eigenvalue weighted by Gasteiger charge is -2.10. The maximum Gasteiger partial charge on any atom is 0.243 e. The molecule has 2 amide bonds. The second-order valence-electron chi connectivity index (χ2n) is 5.13. The molecule has 1 saturated carbocycles. The van der Waals surface area contributed by atoms with E-state index in [4.69, 9.17) is 16.9 Å². The van der Waals surface area contributed by atoms with Gasteiger partial charge in [-0.25, -0.2) is 0 Å². The van der Waals surface area contributed by atoms with Gasteiger partial charge in [0.25, 0.3) is 0 Å². The number of halogens is 1. The molecule has 0 bridgehead atoms. The van der Waals surface area contributed by atoms with Crippen molar-refractivity contribution in [2.45, 2.75) is 19.3 Å². The average molecular weight is 306 g/mol. The number of anilines is 1. The Bertz CT molecular complexity index is 561. The number of carbonyl (C=O) groups excluding carboxylic acids is 2. The summed E-state index contributed by atoms with van der Waals surface area (Å²) < 4.78 is 0. The maximum absolute atomic E-state index is 11.8. The van der Waals surface area contributed by atoms with Crippen molar-refractivity contribution in [2.24, 2.45) is 11.8 Å². The van der Waals surface area contributed by atoms with E-state index in [0.29, 0.717) is 23.0 Å². The van der Waals surface area contributed by atoms with Crippen molar-refractivity contribution >= 4 is 29.1 Å². The molecule has 1 aliphatic carbocycles. The monoisotopic (exact) mass is 305 g/mol. The Morgan fingerprint density at radius 3 is 2.57 bits per heavy atom. The fourth-order valence-electron chi connectivity index (χ4n) is 1.93. The third-order valence-electron chi connectivity index (χ3n) is 3.29. The Hall–Kier alpha value is -2.06. The molecule has 0 aliphatic heterocycles. The minimum Gasteiger partial charge on any atom is -0.346 e. The first-order valence-corrected chi connectivity index (χ1v) is 7.19. The number of amides is 2. The first-order valence-electron chi connectivity index (χ1n) is 6.81. The zero-order chi connectivity index (χ0) is 15.2. The summed E-state index contributed by atoms with van der Waals surface area (Å²) in [7, 11) is 0. The summed E-state index contributed by atoms with van der Waals surface area (Å²) in [5, 5.41) is 14.7. The van der Waals surface area contributed by atoms with E-state index in [-0.39, 0.29) is 18.4 Å². The number of hydrogen-bond acceptors (Lipinski definition) is 3. The van der Waals surface area contributed by atoms with Crippen LogP contribution in [0.25, 0.3) is 0 Å². The lowest BCUT2D eigenvalue weighted by molar-refractivity contribution is -0.126. The minimum absolute atomic E-state index is 0.149. The summed E-state index contributed by atoms with van der Waals surface area (Å²) in [5.41, 5.74) is 0.605. The summed E-state index contributed by atoms with van der Waals surface area (Å²) in [6.45, 7) is -0.149. The molecule has 0 aromatic heterocycles. The van der Waals surface area contributed by atoms with Gasteiger partial charge in [-0.3, -0.25) is 9.59 Å². The van der Waals surface area contributed by atoms with Crippen LogP contribution in [-0.4, -0.2) is 18.4 Å². The fourth-order valence-corrected chi connectivity index (χ4v) is 2.06. The van der Waals surface area contributed by atoms with E-state index in [1.807, 2.05) is 6.07 Å². The van der Waals surface area contributed by atoms with E-state index >= 15 is 0 Å². The van der Waals surface area contributed by atoms with Crippen molar-refractivity contribution in [1.82, 2.24) is 5.32 Å². The normalized spacial score (nSPS) is 14.9. The van der Waals surface area contributed by atoms with Gasteiger partial charge >= 0.3 is 0 Å². The molecule has 1 aromatic rings. The van der Waals surface area contributed by atoms with Gasteiger partial charge in [-0.15, -0.1) is 0 Å². The van der Waals surface area contributed by atoms with Gasteiger partial charge in [-0.2, -0.15) is 5.26 Å². The van der Waals surface area contributed by atoms with Gasteiger partial charge in [0.15, 0.2) is 0 Å². The first kappa shape index (κ1) is 15.3. The molecule has 2 rings (SSSR count). The average Bonchev–Trinajstić information content (AvgIpc) is 3.29. The van der Waals surface area contributed by atoms with E-state index in [1.165, 1.54) is 0 Å². The summed E-state index contributed by atoms with van der Waals surface area (Å²) in [6.07, 6.45) is 2.76. The van der Waals surface area contributed by atoms with E-state index in [9.17, 15) is 9.59 Å². The number of hydrogen-bond donors (Lipinski definition) is 2. The van der Waals surface area contributed by atoms with Crippen LogP contribution in [0.15, 0.2) is 24.3 Å². The standard InChI is InChI=1S/C15H16ClN3O2/c16-12-3-5-13(6-4-12)19-14(20)9-18-15(21)11(8-17)7-10-1-2-10/h3-6,10-11H,1-2,7,9H2,(H,18,21)(H,19,20)/t11-/m0/s1. The SMILES string of the molecule is N#C[C@H](CC1CC1)C(=O)NCC(=O)Nc1ccc(Cl)cc1. The van der Waals surface area contributed by atoms with Gasteiger partial charge in [0.1, 0.15) is 5.92 Å². The highest BCUT2D eigenvalue weighted by Crippen LogP contribution is 2.35. The van der Waals surface area contributed by atoms with Crippen molar-refractivity contribution in [3.8, 4) is 6.07 Å². The van der Waals surface area contributed by atoms with Crippen molar-refractivity contribution < 1.29 is 9.59 Å². The van der Waals surface area contributed by atoms with Crippen molar-refractivity contribution in [3.63, 3.8) is 0 Å². The highest BCUT2D eigenvalue weighted by atomic mass is 35.5. The highest BCUT2D eigenvalue weighted by molar-refractivity contribution is 6.30. The van der Waals surface area contributed by atoms with Gasteiger partial charge in [0.05, 0.1) is 12.6 Å². The van der Waals surface area contributed by atoms with Crippen LogP contribution >= 0.6 is 11.6 Å². The van der Waals surface area contributed by atoms with Crippen LogP contribution in [0, 0.1) is 23.2 Å². The molecule has 2 N–H and O–H groups in total. The Morgan fingerprint density at radius 1 is 1.33 bits per heavy atom. The molecule has 110 valence electrons. The zero-order valence-electron chi connectivity index (χ0n) is 11.4. The molecule has 1 fully saturated rings. The van der Waals surface area contributed by atoms with Crippen molar-refractivity contribution in [2.75, 3.05) is 11.9 Å². The minimum atomic E-state index is -0.666. The lowest BCUT2D eigenvalue weighted by Crippen LogP contribution is -2.36. The molecular formula is C15H16ClN3O2. The first-order chi connectivity index (χ1) is 10.1. The number of nitrogens with zero attached hydrogens (tertiary/aromatic N) is 1. The molecule has 0 saturated heterocycles. The van der Waals surface area contributed by atoms with Gasteiger partial charge in [0, 0.05) is 10.7 Å². The summed E-state index contributed by atoms with van der Waals surface area (Å²) in [6, 6.07) is 8.67. The largest absolute Gasteiger partial charge is 0.346 e. The van der Waals surface area contributed by atoms with E-state index < -0.39 is 5.92 Å². The van der Waals surface area contributed by atoms with Crippen LogP contribution in [0.4, 0.5) is 5.69 Å². The second-order valence-corrected chi connectivity index (χ2v) is 5.57. The number of benzene rings is 1. The fraction of sp³-hybridized carbons (Fsp3) is 0.400. The van der Waals surface area contributed by atoms with Crippen LogP contribution in [0.5, 0.6) is 0 Å². The molecule has 5 nitrogen and oxygen atoms in total. The molecule has 0 heterocycles. The smallest absolute Gasteiger partial charge is 0.243 e. The predicted molar refractivity (Wildman–Crippen MR) is 79.5 cm³/mol. The summed E-state index contributed by atoms with van der Waals surface area (Å²) in [4.78, 5) is 23.5. The van der Waals surface area contributed by atoms with E-state index in [2.05, 4.69) is 10.6 Å². The Kier molecular flexibility index (Phi) is 5.18. The zero-order valence-corrected chi connectivity index (χ0v) is 12.2. The van der Waals surface area contributed by atoms with Gasteiger partial charge in [0.2, 0.25) is 11.8 Å². The van der Waals surface area contributed by atoms with Crippen molar-refractivity contribution in [1.29, 1.82) is 5.26 Å². The van der Waals surface area contributed by atoms with Crippen LogP contribution in [0.3, 0.4) is 0 Å². The Labute approximate surface area is 128 Å². The third-order valence-corrected chi connectivity index (χ3v) is 3.54. The maximum atomic E-state index is 11.8. The number of rotatable bonds is 6. The summed E-state index contributed by atoms with van der Waals surface area (Å²) >= 11 is 5.75. The highest BCUT2D eigenvalue weighted by Gasteiger charge is 2.29. The number of nitriles is 1. The van der Waals surface area contributed by atoms with Gasteiger partial charge < -0.3 is 10.6 Å². The molecule has 6 heteroatoms. The van der Waals surface area contributed by atoms with E-state index in [0.717, 1.165) is 12.8 Å². The molecule has 0 radical (unpaired) electrons. The number of nitrogens with one attached hydrogen (secondary N) is 2. The molecule has 1 atom stereocenters. The lowest BCUT2D eigenvalue weighted by atomic mass is 10.0. The summed E-state index contributed by atoms with van der Waals surface area (Å²) in [5.74, 6) is -0.895. The van der Waals surface area contributed by atoms with Crippen LogP contribution in [0.1, 0.15) is 19.3 Å². The second kappa shape index (κ2) is 7.09. The Balaban J connectivity index is 1.76. The number of carbonyl (C=O) groups is 2. The Morgan fingerprint density at radius 2 is 2.00 bits per heavy atom. The molecule has 0 spiro atoms. The van der Waals surface area contributed by atoms with Crippen LogP contribution < -0.4 is 10.6 Å². The molecule has 21 heavy (non-hydrogen) atoms. The van der Waals surface area contributed by atoms with Crippen molar-refractivity contribution in [3.05, 3.63) is 29.3 Å². The molecular weight excluding hydrogens is 290 g/mol. The molecule has 1 aliphatic rings. The van der Waals surface area contributed by atoms with E-state index in [1.54, 1.807) is 24.3 Å². The predicted octanol–water partition coefficient (Wildman–Crippen LogP) is 2.33. The van der Waals surface area contributed by atoms with Gasteiger partial charge in [-0.05, 0) is 36.6 Å². The van der Waals surface area contributed by atoms with Crippen LogP contribution in [-0.2, 0) is 9.59 Å². The third kappa shape index (κ3) is 5.09. The van der Waals surface area contributed by atoms with Crippen LogP contribution in [0.2, 0.25) is 5.02 Å². The topological polar surface area (TPSA) is 82.0 Å².